The van der Waals surface area contributed by atoms with E-state index in [1.54, 1.807) is 12.5 Å². The lowest BCUT2D eigenvalue weighted by molar-refractivity contribution is -0.0498. The number of morpholine rings is 1. The highest BCUT2D eigenvalue weighted by atomic mass is 16.5. The van der Waals surface area contributed by atoms with Gasteiger partial charge >= 0.3 is 0 Å². The minimum absolute atomic E-state index is 0.381. The Morgan fingerprint density at radius 2 is 2.32 bits per heavy atom. The molecule has 6 nitrogen and oxygen atoms in total. The summed E-state index contributed by atoms with van der Waals surface area (Å²) in [5.74, 6) is 0.946. The minimum Gasteiger partial charge on any atom is -0.365 e. The van der Waals surface area contributed by atoms with Crippen LogP contribution in [0.1, 0.15) is 18.3 Å². The van der Waals surface area contributed by atoms with Crippen LogP contribution in [-0.4, -0.2) is 39.9 Å². The molecular weight excluding hydrogens is 242 g/mol. The van der Waals surface area contributed by atoms with E-state index in [2.05, 4.69) is 32.0 Å². The van der Waals surface area contributed by atoms with Gasteiger partial charge < -0.3 is 9.64 Å². The number of hydrogen-bond acceptors (Lipinski definition) is 5. The van der Waals surface area contributed by atoms with Crippen molar-refractivity contribution < 1.29 is 4.74 Å². The summed E-state index contributed by atoms with van der Waals surface area (Å²) in [6.07, 6.45) is 3.35. The fourth-order valence-corrected chi connectivity index (χ4v) is 2.39. The molecule has 0 amide bonds. The van der Waals surface area contributed by atoms with Crippen LogP contribution in [-0.2, 0) is 10.3 Å². The number of aromatic nitrogens is 4. The maximum atomic E-state index is 5.94. The Morgan fingerprint density at radius 3 is 3.05 bits per heavy atom. The summed E-state index contributed by atoms with van der Waals surface area (Å²) < 4.78 is 5.94. The zero-order valence-electron chi connectivity index (χ0n) is 11.1. The zero-order chi connectivity index (χ0) is 13.3. The summed E-state index contributed by atoms with van der Waals surface area (Å²) in [6.45, 7) is 6.28. The number of H-pyrrole nitrogens is 1. The Balaban J connectivity index is 1.86. The lowest BCUT2D eigenvalue weighted by atomic mass is 10.00. The van der Waals surface area contributed by atoms with Crippen molar-refractivity contribution in [2.45, 2.75) is 19.4 Å². The van der Waals surface area contributed by atoms with Gasteiger partial charge in [0.25, 0.3) is 0 Å². The number of aryl methyl sites for hydroxylation is 1. The Bertz CT molecular complexity index is 556. The standard InChI is InChI=1S/C13H17N5O/c1-10-7-12(15-9-14-10)18-5-6-19-13(2,8-18)11-3-4-16-17-11/h3-4,7,9H,5-6,8H2,1-2H3,(H,16,17)/t13-/m0/s1. The van der Waals surface area contributed by atoms with Crippen LogP contribution in [0.3, 0.4) is 0 Å². The highest BCUT2D eigenvalue weighted by Crippen LogP contribution is 2.29. The molecule has 2 aromatic heterocycles. The summed E-state index contributed by atoms with van der Waals surface area (Å²) in [5.41, 5.74) is 1.58. The van der Waals surface area contributed by atoms with Crippen molar-refractivity contribution >= 4 is 5.82 Å². The molecule has 6 heteroatoms. The van der Waals surface area contributed by atoms with E-state index in [0.29, 0.717) is 6.61 Å². The van der Waals surface area contributed by atoms with Crippen LogP contribution in [0, 0.1) is 6.92 Å². The second-order valence-electron chi connectivity index (χ2n) is 4.99. The van der Waals surface area contributed by atoms with E-state index in [-0.39, 0.29) is 5.60 Å². The van der Waals surface area contributed by atoms with Gasteiger partial charge in [-0.1, -0.05) is 0 Å². The van der Waals surface area contributed by atoms with Gasteiger partial charge in [0.15, 0.2) is 0 Å². The predicted molar refractivity (Wildman–Crippen MR) is 70.9 cm³/mol. The third kappa shape index (κ3) is 2.31. The third-order valence-electron chi connectivity index (χ3n) is 3.46. The largest absolute Gasteiger partial charge is 0.365 e. The highest BCUT2D eigenvalue weighted by molar-refractivity contribution is 5.40. The van der Waals surface area contributed by atoms with Crippen molar-refractivity contribution in [1.82, 2.24) is 20.2 Å². The molecule has 3 rings (SSSR count). The van der Waals surface area contributed by atoms with Crippen molar-refractivity contribution in [3.05, 3.63) is 36.0 Å². The first-order valence-corrected chi connectivity index (χ1v) is 6.35. The molecule has 1 aliphatic rings. The monoisotopic (exact) mass is 259 g/mol. The molecule has 0 radical (unpaired) electrons. The molecule has 0 aliphatic carbocycles. The fraction of sp³-hybridized carbons (Fsp3) is 0.462. The lowest BCUT2D eigenvalue weighted by Crippen LogP contribution is -2.48. The van der Waals surface area contributed by atoms with Gasteiger partial charge in [0.1, 0.15) is 17.7 Å². The molecule has 1 N–H and O–H groups in total. The van der Waals surface area contributed by atoms with Crippen LogP contribution in [0.4, 0.5) is 5.82 Å². The van der Waals surface area contributed by atoms with Crippen molar-refractivity contribution in [2.24, 2.45) is 0 Å². The number of aromatic amines is 1. The molecule has 1 aliphatic heterocycles. The van der Waals surface area contributed by atoms with E-state index in [9.17, 15) is 0 Å². The maximum Gasteiger partial charge on any atom is 0.132 e. The normalized spacial score (nSPS) is 23.6. The molecule has 0 unspecified atom stereocenters. The summed E-state index contributed by atoms with van der Waals surface area (Å²) in [6, 6.07) is 3.95. The Kier molecular flexibility index (Phi) is 2.94. The molecule has 0 aromatic carbocycles. The Labute approximate surface area is 111 Å². The van der Waals surface area contributed by atoms with Crippen LogP contribution in [0.15, 0.2) is 24.7 Å². The second kappa shape index (κ2) is 4.62. The predicted octanol–water partition coefficient (Wildman–Crippen LogP) is 1.26. The van der Waals surface area contributed by atoms with E-state index < -0.39 is 0 Å². The molecule has 1 fully saturated rings. The average Bonchev–Trinajstić information content (AvgIpc) is 2.93. The van der Waals surface area contributed by atoms with Crippen LogP contribution in [0.25, 0.3) is 0 Å². The topological polar surface area (TPSA) is 66.9 Å². The van der Waals surface area contributed by atoms with E-state index >= 15 is 0 Å². The van der Waals surface area contributed by atoms with E-state index in [4.69, 9.17) is 4.74 Å². The summed E-state index contributed by atoms with van der Waals surface area (Å²) in [4.78, 5) is 10.7. The quantitative estimate of drug-likeness (QED) is 0.879. The van der Waals surface area contributed by atoms with Gasteiger partial charge in [0.05, 0.1) is 18.8 Å². The number of nitrogens with zero attached hydrogens (tertiary/aromatic N) is 4. The van der Waals surface area contributed by atoms with Crippen molar-refractivity contribution in [2.75, 3.05) is 24.6 Å². The van der Waals surface area contributed by atoms with Gasteiger partial charge in [-0.2, -0.15) is 5.10 Å². The highest BCUT2D eigenvalue weighted by Gasteiger charge is 2.35. The second-order valence-corrected chi connectivity index (χ2v) is 4.99. The molecule has 100 valence electrons. The SMILES string of the molecule is Cc1cc(N2CCO[C@](C)(c3ccn[nH]3)C2)ncn1. The number of nitrogens with one attached hydrogen (secondary N) is 1. The molecule has 3 heterocycles. The van der Waals surface area contributed by atoms with Crippen molar-refractivity contribution in [1.29, 1.82) is 0 Å². The van der Waals surface area contributed by atoms with Crippen molar-refractivity contribution in [3.63, 3.8) is 0 Å². The first-order valence-electron chi connectivity index (χ1n) is 6.35. The molecule has 0 saturated carbocycles. The van der Waals surface area contributed by atoms with E-state index in [0.717, 1.165) is 30.3 Å². The summed E-state index contributed by atoms with van der Waals surface area (Å²) >= 11 is 0. The summed E-state index contributed by atoms with van der Waals surface area (Å²) in [5, 5.41) is 7.00. The number of hydrogen-bond donors (Lipinski definition) is 1. The van der Waals surface area contributed by atoms with Crippen LogP contribution in [0.5, 0.6) is 0 Å². The minimum atomic E-state index is -0.381. The fourth-order valence-electron chi connectivity index (χ4n) is 2.39. The first-order chi connectivity index (χ1) is 9.17. The first kappa shape index (κ1) is 12.1. The van der Waals surface area contributed by atoms with Crippen LogP contribution in [0.2, 0.25) is 0 Å². The van der Waals surface area contributed by atoms with Gasteiger partial charge in [-0.15, -0.1) is 0 Å². The molecular formula is C13H17N5O. The molecule has 1 atom stereocenters. The maximum absolute atomic E-state index is 5.94. The number of anilines is 1. The lowest BCUT2D eigenvalue weighted by Gasteiger charge is -2.40. The number of rotatable bonds is 2. The molecule has 0 spiro atoms. The van der Waals surface area contributed by atoms with Gasteiger partial charge in [-0.25, -0.2) is 9.97 Å². The number of ether oxygens (including phenoxy) is 1. The zero-order valence-corrected chi connectivity index (χ0v) is 11.1. The van der Waals surface area contributed by atoms with Crippen molar-refractivity contribution in [3.8, 4) is 0 Å². The van der Waals surface area contributed by atoms with E-state index in [1.165, 1.54) is 0 Å². The third-order valence-corrected chi connectivity index (χ3v) is 3.46. The Hall–Kier alpha value is -1.95. The molecule has 0 bridgehead atoms. The van der Waals surface area contributed by atoms with Crippen LogP contribution < -0.4 is 4.90 Å². The Morgan fingerprint density at radius 1 is 1.42 bits per heavy atom. The smallest absolute Gasteiger partial charge is 0.132 e. The molecule has 1 saturated heterocycles. The van der Waals surface area contributed by atoms with Gasteiger partial charge in [-0.05, 0) is 19.9 Å². The summed E-state index contributed by atoms with van der Waals surface area (Å²) in [7, 11) is 0. The van der Waals surface area contributed by atoms with E-state index in [1.807, 2.05) is 19.1 Å². The molecule has 19 heavy (non-hydrogen) atoms. The van der Waals surface area contributed by atoms with Gasteiger partial charge in [-0.3, -0.25) is 5.10 Å². The van der Waals surface area contributed by atoms with Gasteiger partial charge in [0, 0.05) is 24.5 Å². The van der Waals surface area contributed by atoms with Crippen LogP contribution >= 0.6 is 0 Å². The molecule has 2 aromatic rings. The van der Waals surface area contributed by atoms with Gasteiger partial charge in [0.2, 0.25) is 0 Å². The average molecular weight is 259 g/mol.